The summed E-state index contributed by atoms with van der Waals surface area (Å²) in [4.78, 5) is 33.3. The molecule has 0 radical (unpaired) electrons. The number of nitro groups is 1. The first-order valence-corrected chi connectivity index (χ1v) is 7.47. The number of carbonyl (C=O) groups excluding carboxylic acids is 2. The molecule has 130 valence electrons. The maximum Gasteiger partial charge on any atom is 0.312 e. The lowest BCUT2D eigenvalue weighted by Gasteiger charge is -2.09. The van der Waals surface area contributed by atoms with Crippen LogP contribution in [-0.4, -0.2) is 23.3 Å². The van der Waals surface area contributed by atoms with E-state index in [2.05, 4.69) is 10.6 Å². The molecule has 0 aliphatic rings. The largest absolute Gasteiger partial charge is 0.477 e. The predicted molar refractivity (Wildman–Crippen MR) is 93.0 cm³/mol. The Balaban J connectivity index is 2.00. The van der Waals surface area contributed by atoms with Gasteiger partial charge in [0.15, 0.2) is 12.4 Å². The Kier molecular flexibility index (Phi) is 5.91. The maximum absolute atomic E-state index is 11.9. The Morgan fingerprint density at radius 2 is 1.84 bits per heavy atom. The van der Waals surface area contributed by atoms with Gasteiger partial charge in [-0.05, 0) is 30.3 Å². The highest BCUT2D eigenvalue weighted by atomic mass is 35.5. The van der Waals surface area contributed by atoms with Crippen molar-refractivity contribution >= 4 is 40.5 Å². The zero-order chi connectivity index (χ0) is 18.4. The molecule has 2 N–H and O–H groups in total. The van der Waals surface area contributed by atoms with E-state index in [0.717, 1.165) is 6.07 Å². The highest BCUT2D eigenvalue weighted by Crippen LogP contribution is 2.29. The van der Waals surface area contributed by atoms with Crippen LogP contribution in [0.4, 0.5) is 17.1 Å². The quantitative estimate of drug-likeness (QED) is 0.604. The third-order valence-electron chi connectivity index (χ3n) is 2.94. The van der Waals surface area contributed by atoms with E-state index in [-0.39, 0.29) is 22.4 Å². The topological polar surface area (TPSA) is 111 Å². The summed E-state index contributed by atoms with van der Waals surface area (Å²) >= 11 is 5.71. The normalized spacial score (nSPS) is 10.0. The number of nitrogens with one attached hydrogen (secondary N) is 2. The first-order valence-electron chi connectivity index (χ1n) is 7.09. The number of hydrogen-bond donors (Lipinski definition) is 2. The number of nitro benzene ring substituents is 1. The van der Waals surface area contributed by atoms with Crippen LogP contribution < -0.4 is 15.4 Å². The highest BCUT2D eigenvalue weighted by molar-refractivity contribution is 6.30. The van der Waals surface area contributed by atoms with Gasteiger partial charge in [0.05, 0.1) is 4.92 Å². The molecule has 0 aliphatic heterocycles. The fraction of sp³-hybridized carbons (Fsp3) is 0.125. The van der Waals surface area contributed by atoms with Crippen molar-refractivity contribution in [3.8, 4) is 5.75 Å². The van der Waals surface area contributed by atoms with Crippen molar-refractivity contribution < 1.29 is 19.2 Å². The summed E-state index contributed by atoms with van der Waals surface area (Å²) in [6.07, 6.45) is 0. The molecule has 0 bridgehead atoms. The second-order valence-electron chi connectivity index (χ2n) is 4.97. The average molecular weight is 364 g/mol. The lowest BCUT2D eigenvalue weighted by Crippen LogP contribution is -2.20. The number of hydrogen-bond acceptors (Lipinski definition) is 5. The van der Waals surface area contributed by atoms with Crippen molar-refractivity contribution in [3.05, 3.63) is 57.6 Å². The Morgan fingerprint density at radius 3 is 2.48 bits per heavy atom. The zero-order valence-electron chi connectivity index (χ0n) is 13.1. The molecule has 2 rings (SSSR count). The monoisotopic (exact) mass is 363 g/mol. The Bertz CT molecular complexity index is 825. The predicted octanol–water partition coefficient (Wildman–Crippen LogP) is 3.22. The van der Waals surface area contributed by atoms with E-state index in [0.29, 0.717) is 11.4 Å². The molecule has 0 saturated heterocycles. The molecule has 2 aromatic carbocycles. The third-order valence-corrected chi connectivity index (χ3v) is 3.18. The molecule has 0 aromatic heterocycles. The second kappa shape index (κ2) is 8.11. The minimum Gasteiger partial charge on any atom is -0.477 e. The number of nitrogens with zero attached hydrogens (tertiary/aromatic N) is 1. The van der Waals surface area contributed by atoms with Gasteiger partial charge in [-0.1, -0.05) is 17.7 Å². The smallest absolute Gasteiger partial charge is 0.312 e. The van der Waals surface area contributed by atoms with Crippen LogP contribution in [0.2, 0.25) is 5.02 Å². The summed E-state index contributed by atoms with van der Waals surface area (Å²) in [6, 6.07) is 10.4. The molecule has 2 amide bonds. The van der Waals surface area contributed by atoms with Crippen LogP contribution in [0.5, 0.6) is 5.75 Å². The minimum absolute atomic E-state index is 0.0588. The number of carbonyl (C=O) groups is 2. The van der Waals surface area contributed by atoms with Crippen molar-refractivity contribution in [1.29, 1.82) is 0 Å². The summed E-state index contributed by atoms with van der Waals surface area (Å²) in [6.45, 7) is 0.949. The van der Waals surface area contributed by atoms with E-state index in [9.17, 15) is 19.7 Å². The van der Waals surface area contributed by atoms with Gasteiger partial charge < -0.3 is 15.4 Å². The first-order chi connectivity index (χ1) is 11.8. The molecular formula is C16H14ClN3O5. The van der Waals surface area contributed by atoms with Crippen LogP contribution in [0, 0.1) is 10.1 Å². The van der Waals surface area contributed by atoms with E-state index in [1.54, 1.807) is 24.3 Å². The summed E-state index contributed by atoms with van der Waals surface area (Å²) in [5.74, 6) is -0.803. The standard InChI is InChI=1S/C16H14ClN3O5/c1-10(21)18-12-3-2-4-13(8-12)19-16(22)9-25-15-6-5-11(17)7-14(15)20(23)24/h2-8H,9H2,1H3,(H,18,21)(H,19,22). The van der Waals surface area contributed by atoms with E-state index in [1.807, 2.05) is 0 Å². The van der Waals surface area contributed by atoms with Crippen LogP contribution in [-0.2, 0) is 9.59 Å². The number of anilines is 2. The van der Waals surface area contributed by atoms with Crippen LogP contribution in [0.25, 0.3) is 0 Å². The van der Waals surface area contributed by atoms with Crippen molar-refractivity contribution in [1.82, 2.24) is 0 Å². The summed E-state index contributed by atoms with van der Waals surface area (Å²) in [5, 5.41) is 16.3. The van der Waals surface area contributed by atoms with Crippen molar-refractivity contribution in [3.63, 3.8) is 0 Å². The van der Waals surface area contributed by atoms with E-state index >= 15 is 0 Å². The number of halogens is 1. The molecular weight excluding hydrogens is 350 g/mol. The molecule has 0 fully saturated rings. The summed E-state index contributed by atoms with van der Waals surface area (Å²) in [5.41, 5.74) is 0.651. The fourth-order valence-corrected chi connectivity index (χ4v) is 2.14. The van der Waals surface area contributed by atoms with E-state index in [1.165, 1.54) is 19.1 Å². The molecule has 2 aromatic rings. The number of ether oxygens (including phenoxy) is 1. The second-order valence-corrected chi connectivity index (χ2v) is 5.40. The lowest BCUT2D eigenvalue weighted by molar-refractivity contribution is -0.385. The van der Waals surface area contributed by atoms with Gasteiger partial charge >= 0.3 is 5.69 Å². The molecule has 9 heteroatoms. The molecule has 0 heterocycles. The van der Waals surface area contributed by atoms with Crippen molar-refractivity contribution in [2.24, 2.45) is 0 Å². The Labute approximate surface area is 147 Å². The van der Waals surface area contributed by atoms with Crippen molar-refractivity contribution in [2.45, 2.75) is 6.92 Å². The Hall–Kier alpha value is -3.13. The van der Waals surface area contributed by atoms with Crippen LogP contribution in [0.1, 0.15) is 6.92 Å². The van der Waals surface area contributed by atoms with Crippen LogP contribution in [0.15, 0.2) is 42.5 Å². The fourth-order valence-electron chi connectivity index (χ4n) is 1.97. The molecule has 0 atom stereocenters. The number of amides is 2. The minimum atomic E-state index is -0.643. The SMILES string of the molecule is CC(=O)Nc1cccc(NC(=O)COc2ccc(Cl)cc2[N+](=O)[O-])c1. The van der Waals surface area contributed by atoms with E-state index in [4.69, 9.17) is 16.3 Å². The molecule has 8 nitrogen and oxygen atoms in total. The lowest BCUT2D eigenvalue weighted by atomic mass is 10.2. The molecule has 25 heavy (non-hydrogen) atoms. The molecule has 0 saturated carbocycles. The van der Waals surface area contributed by atoms with Gasteiger partial charge in [-0.3, -0.25) is 19.7 Å². The number of rotatable bonds is 6. The van der Waals surface area contributed by atoms with Gasteiger partial charge in [0.2, 0.25) is 5.91 Å². The van der Waals surface area contributed by atoms with Crippen LogP contribution in [0.3, 0.4) is 0 Å². The average Bonchev–Trinajstić information content (AvgIpc) is 2.53. The van der Waals surface area contributed by atoms with Crippen molar-refractivity contribution in [2.75, 3.05) is 17.2 Å². The molecule has 0 spiro atoms. The first kappa shape index (κ1) is 18.2. The third kappa shape index (κ3) is 5.47. The van der Waals surface area contributed by atoms with Gasteiger partial charge in [0, 0.05) is 29.4 Å². The van der Waals surface area contributed by atoms with Gasteiger partial charge in [-0.15, -0.1) is 0 Å². The van der Waals surface area contributed by atoms with Gasteiger partial charge in [0.25, 0.3) is 5.91 Å². The maximum atomic E-state index is 11.9. The summed E-state index contributed by atoms with van der Waals surface area (Å²) in [7, 11) is 0. The van der Waals surface area contributed by atoms with Gasteiger partial charge in [-0.2, -0.15) is 0 Å². The van der Waals surface area contributed by atoms with Gasteiger partial charge in [-0.25, -0.2) is 0 Å². The molecule has 0 aliphatic carbocycles. The van der Waals surface area contributed by atoms with E-state index < -0.39 is 17.4 Å². The zero-order valence-corrected chi connectivity index (χ0v) is 13.9. The summed E-state index contributed by atoms with van der Waals surface area (Å²) < 4.78 is 5.20. The molecule has 0 unspecified atom stereocenters. The van der Waals surface area contributed by atoms with Gasteiger partial charge in [0.1, 0.15) is 0 Å². The highest BCUT2D eigenvalue weighted by Gasteiger charge is 2.16. The number of benzene rings is 2. The van der Waals surface area contributed by atoms with Crippen LogP contribution >= 0.6 is 11.6 Å². The Morgan fingerprint density at radius 1 is 1.16 bits per heavy atom.